The number of pyridine rings is 1. The Morgan fingerprint density at radius 1 is 1.22 bits per heavy atom. The molecule has 0 aliphatic rings. The minimum absolute atomic E-state index is 0.337. The lowest BCUT2D eigenvalue weighted by Crippen LogP contribution is -2.20. The van der Waals surface area contributed by atoms with Gasteiger partial charge < -0.3 is 5.32 Å². The molecule has 0 aliphatic carbocycles. The van der Waals surface area contributed by atoms with Crippen LogP contribution in [-0.4, -0.2) is 11.0 Å². The molecular formula is C13H12ClN3O. The van der Waals surface area contributed by atoms with Crippen LogP contribution in [0, 0.1) is 6.92 Å². The number of benzene rings is 1. The summed E-state index contributed by atoms with van der Waals surface area (Å²) in [5.41, 5.74) is 1.79. The third-order valence-electron chi connectivity index (χ3n) is 2.27. The van der Waals surface area contributed by atoms with Crippen LogP contribution < -0.4 is 10.6 Å². The first-order valence-corrected chi connectivity index (χ1v) is 5.78. The quantitative estimate of drug-likeness (QED) is 0.866. The van der Waals surface area contributed by atoms with E-state index in [0.29, 0.717) is 10.8 Å². The zero-order valence-electron chi connectivity index (χ0n) is 9.77. The van der Waals surface area contributed by atoms with E-state index in [1.54, 1.807) is 18.3 Å². The van der Waals surface area contributed by atoms with Crippen LogP contribution in [0.4, 0.5) is 16.3 Å². The van der Waals surface area contributed by atoms with Gasteiger partial charge >= 0.3 is 6.03 Å². The topological polar surface area (TPSA) is 54.0 Å². The fraction of sp³-hybridized carbons (Fsp3) is 0.0769. The molecule has 0 unspecified atom stereocenters. The van der Waals surface area contributed by atoms with Crippen LogP contribution in [0.5, 0.6) is 0 Å². The van der Waals surface area contributed by atoms with E-state index in [1.807, 2.05) is 31.2 Å². The Hall–Kier alpha value is -2.07. The maximum Gasteiger partial charge on any atom is 0.324 e. The average molecular weight is 262 g/mol. The maximum atomic E-state index is 11.7. The van der Waals surface area contributed by atoms with Crippen LogP contribution in [0.3, 0.4) is 0 Å². The van der Waals surface area contributed by atoms with Crippen molar-refractivity contribution in [2.75, 3.05) is 10.6 Å². The number of aromatic nitrogens is 1. The molecule has 1 heterocycles. The highest BCUT2D eigenvalue weighted by Gasteiger charge is 2.06. The molecule has 0 fully saturated rings. The number of hydrogen-bond acceptors (Lipinski definition) is 2. The van der Waals surface area contributed by atoms with Crippen LogP contribution in [0.25, 0.3) is 0 Å². The predicted molar refractivity (Wildman–Crippen MR) is 73.1 cm³/mol. The molecule has 18 heavy (non-hydrogen) atoms. The van der Waals surface area contributed by atoms with E-state index in [-0.39, 0.29) is 6.03 Å². The molecule has 2 rings (SSSR count). The maximum absolute atomic E-state index is 11.7. The highest BCUT2D eigenvalue weighted by molar-refractivity contribution is 6.33. The molecule has 0 saturated carbocycles. The van der Waals surface area contributed by atoms with Gasteiger partial charge in [0.15, 0.2) is 5.82 Å². The fourth-order valence-corrected chi connectivity index (χ4v) is 1.64. The molecule has 2 N–H and O–H groups in total. The Labute approximate surface area is 110 Å². The third-order valence-corrected chi connectivity index (χ3v) is 2.57. The number of rotatable bonds is 2. The van der Waals surface area contributed by atoms with Crippen LogP contribution in [0.15, 0.2) is 42.6 Å². The van der Waals surface area contributed by atoms with Crippen molar-refractivity contribution in [1.29, 1.82) is 0 Å². The fourth-order valence-electron chi connectivity index (χ4n) is 1.47. The minimum Gasteiger partial charge on any atom is -0.308 e. The van der Waals surface area contributed by atoms with Gasteiger partial charge in [0.05, 0.1) is 5.02 Å². The Balaban J connectivity index is 2.03. The molecule has 4 nitrogen and oxygen atoms in total. The van der Waals surface area contributed by atoms with E-state index in [9.17, 15) is 4.79 Å². The Bertz CT molecular complexity index is 572. The number of anilines is 2. The summed E-state index contributed by atoms with van der Waals surface area (Å²) in [6.45, 7) is 1.96. The summed E-state index contributed by atoms with van der Waals surface area (Å²) < 4.78 is 0. The van der Waals surface area contributed by atoms with Crippen LogP contribution in [-0.2, 0) is 0 Å². The van der Waals surface area contributed by atoms with Gasteiger partial charge in [0.25, 0.3) is 0 Å². The highest BCUT2D eigenvalue weighted by atomic mass is 35.5. The summed E-state index contributed by atoms with van der Waals surface area (Å²) in [5, 5.41) is 5.69. The summed E-state index contributed by atoms with van der Waals surface area (Å²) in [4.78, 5) is 15.7. The van der Waals surface area contributed by atoms with Crippen molar-refractivity contribution in [1.82, 2.24) is 4.98 Å². The first-order chi connectivity index (χ1) is 8.65. The lowest BCUT2D eigenvalue weighted by molar-refractivity contribution is 0.262. The molecule has 0 radical (unpaired) electrons. The second-order valence-corrected chi connectivity index (χ2v) is 4.19. The summed E-state index contributed by atoms with van der Waals surface area (Å²) in [5.74, 6) is 0.337. The molecule has 5 heteroatoms. The van der Waals surface area contributed by atoms with Gasteiger partial charge in [-0.2, -0.15) is 0 Å². The van der Waals surface area contributed by atoms with Gasteiger partial charge in [-0.15, -0.1) is 0 Å². The SMILES string of the molecule is Cc1cccc(NC(=O)Nc2ncccc2Cl)c1. The van der Waals surface area contributed by atoms with Crippen molar-refractivity contribution >= 4 is 29.1 Å². The van der Waals surface area contributed by atoms with Gasteiger partial charge in [-0.25, -0.2) is 9.78 Å². The number of nitrogens with one attached hydrogen (secondary N) is 2. The molecule has 0 atom stereocenters. The summed E-state index contributed by atoms with van der Waals surface area (Å²) in [6, 6.07) is 10.5. The van der Waals surface area contributed by atoms with E-state index < -0.39 is 0 Å². The van der Waals surface area contributed by atoms with E-state index in [0.717, 1.165) is 11.3 Å². The third kappa shape index (κ3) is 3.21. The van der Waals surface area contributed by atoms with Crippen LogP contribution in [0.1, 0.15) is 5.56 Å². The van der Waals surface area contributed by atoms with Gasteiger partial charge in [-0.3, -0.25) is 5.32 Å². The van der Waals surface area contributed by atoms with Crippen molar-refractivity contribution in [2.45, 2.75) is 6.92 Å². The first kappa shape index (κ1) is 12.4. The number of nitrogens with zero attached hydrogens (tertiary/aromatic N) is 1. The Morgan fingerprint density at radius 2 is 2.06 bits per heavy atom. The van der Waals surface area contributed by atoms with Crippen molar-refractivity contribution in [3.05, 3.63) is 53.2 Å². The van der Waals surface area contributed by atoms with Gasteiger partial charge in [0, 0.05) is 11.9 Å². The molecule has 92 valence electrons. The molecule has 0 aliphatic heterocycles. The number of urea groups is 1. The number of carbonyl (C=O) groups is 1. The van der Waals surface area contributed by atoms with Gasteiger partial charge in [0.1, 0.15) is 0 Å². The number of aryl methyl sites for hydroxylation is 1. The zero-order valence-corrected chi connectivity index (χ0v) is 10.5. The van der Waals surface area contributed by atoms with Gasteiger partial charge in [-0.05, 0) is 36.8 Å². The minimum atomic E-state index is -0.374. The number of carbonyl (C=O) groups excluding carboxylic acids is 1. The standard InChI is InChI=1S/C13H12ClN3O/c1-9-4-2-5-10(8-9)16-13(18)17-12-11(14)6-3-7-15-12/h2-8H,1H3,(H2,15,16,17,18). The van der Waals surface area contributed by atoms with Crippen molar-refractivity contribution in [2.24, 2.45) is 0 Å². The number of halogens is 1. The lowest BCUT2D eigenvalue weighted by atomic mass is 10.2. The predicted octanol–water partition coefficient (Wildman–Crippen LogP) is 3.69. The molecule has 2 amide bonds. The van der Waals surface area contributed by atoms with Gasteiger partial charge in [0.2, 0.25) is 0 Å². The molecule has 0 spiro atoms. The number of amides is 2. The van der Waals surface area contributed by atoms with E-state index in [4.69, 9.17) is 11.6 Å². The lowest BCUT2D eigenvalue weighted by Gasteiger charge is -2.08. The van der Waals surface area contributed by atoms with E-state index in [1.165, 1.54) is 0 Å². The van der Waals surface area contributed by atoms with Crippen molar-refractivity contribution < 1.29 is 4.79 Å². The Morgan fingerprint density at radius 3 is 2.78 bits per heavy atom. The van der Waals surface area contributed by atoms with E-state index in [2.05, 4.69) is 15.6 Å². The summed E-state index contributed by atoms with van der Waals surface area (Å²) in [7, 11) is 0. The van der Waals surface area contributed by atoms with Crippen LogP contribution >= 0.6 is 11.6 Å². The monoisotopic (exact) mass is 261 g/mol. The second-order valence-electron chi connectivity index (χ2n) is 3.78. The van der Waals surface area contributed by atoms with Crippen molar-refractivity contribution in [3.63, 3.8) is 0 Å². The second kappa shape index (κ2) is 5.51. The van der Waals surface area contributed by atoms with E-state index >= 15 is 0 Å². The average Bonchev–Trinajstić information content (AvgIpc) is 2.32. The van der Waals surface area contributed by atoms with Gasteiger partial charge in [-0.1, -0.05) is 23.7 Å². The molecule has 0 bridgehead atoms. The smallest absolute Gasteiger partial charge is 0.308 e. The normalized spacial score (nSPS) is 9.89. The number of hydrogen-bond donors (Lipinski definition) is 2. The first-order valence-electron chi connectivity index (χ1n) is 5.40. The van der Waals surface area contributed by atoms with Crippen molar-refractivity contribution in [3.8, 4) is 0 Å². The molecule has 1 aromatic heterocycles. The molecule has 1 aromatic carbocycles. The summed E-state index contributed by atoms with van der Waals surface area (Å²) >= 11 is 5.89. The molecular weight excluding hydrogens is 250 g/mol. The van der Waals surface area contributed by atoms with Crippen LogP contribution in [0.2, 0.25) is 5.02 Å². The molecule has 2 aromatic rings. The largest absolute Gasteiger partial charge is 0.324 e. The highest BCUT2D eigenvalue weighted by Crippen LogP contribution is 2.17. The zero-order chi connectivity index (χ0) is 13.0. The Kier molecular flexibility index (Phi) is 3.79. The summed E-state index contributed by atoms with van der Waals surface area (Å²) in [6.07, 6.45) is 1.56. The molecule has 0 saturated heterocycles.